The number of ether oxygens (including phenoxy) is 2. The second-order valence-electron chi connectivity index (χ2n) is 3.58. The minimum absolute atomic E-state index is 0.209. The first-order chi connectivity index (χ1) is 8.20. The molecule has 1 aliphatic rings. The van der Waals surface area contributed by atoms with Gasteiger partial charge in [-0.25, -0.2) is 4.79 Å². The lowest BCUT2D eigenvalue weighted by atomic mass is 10.1. The minimum Gasteiger partial charge on any atom is -0.478 e. The number of carboxylic acid groups (broad SMARTS) is 1. The molecular formula is C13H12O4. The number of aliphatic carboxylic acids is 1. The Morgan fingerprint density at radius 1 is 1.41 bits per heavy atom. The first-order valence-electron chi connectivity index (χ1n) is 5.15. The predicted octanol–water partition coefficient (Wildman–Crippen LogP) is 2.46. The van der Waals surface area contributed by atoms with Gasteiger partial charge < -0.3 is 14.6 Å². The molecule has 0 unspecified atom stereocenters. The van der Waals surface area contributed by atoms with Crippen LogP contribution in [0.25, 0.3) is 6.08 Å². The number of hydrogen-bond donors (Lipinski definition) is 1. The highest BCUT2D eigenvalue weighted by Crippen LogP contribution is 2.33. The largest absolute Gasteiger partial charge is 0.478 e. The zero-order chi connectivity index (χ0) is 12.3. The van der Waals surface area contributed by atoms with E-state index in [9.17, 15) is 4.79 Å². The molecule has 4 heteroatoms. The number of carboxylic acids is 1. The van der Waals surface area contributed by atoms with Crippen molar-refractivity contribution in [2.75, 3.05) is 6.79 Å². The SMILES string of the molecule is C=CC/C(=C\c1ccc2c(c1)OCO2)C(=O)O. The Bertz CT molecular complexity index is 488. The van der Waals surface area contributed by atoms with Gasteiger partial charge in [0.2, 0.25) is 6.79 Å². The molecule has 0 saturated heterocycles. The smallest absolute Gasteiger partial charge is 0.331 e. The Kier molecular flexibility index (Phi) is 3.14. The van der Waals surface area contributed by atoms with Crippen molar-refractivity contribution in [2.24, 2.45) is 0 Å². The fraction of sp³-hybridized carbons (Fsp3) is 0.154. The van der Waals surface area contributed by atoms with Crippen molar-refractivity contribution in [2.45, 2.75) is 6.42 Å². The summed E-state index contributed by atoms with van der Waals surface area (Å²) in [7, 11) is 0. The van der Waals surface area contributed by atoms with Crippen LogP contribution in [0.2, 0.25) is 0 Å². The molecule has 4 nitrogen and oxygen atoms in total. The Labute approximate surface area is 98.8 Å². The highest BCUT2D eigenvalue weighted by atomic mass is 16.7. The normalized spacial score (nSPS) is 13.5. The molecule has 0 aromatic heterocycles. The summed E-state index contributed by atoms with van der Waals surface area (Å²) in [4.78, 5) is 11.0. The van der Waals surface area contributed by atoms with Crippen molar-refractivity contribution in [3.05, 3.63) is 42.0 Å². The van der Waals surface area contributed by atoms with Crippen LogP contribution in [0.15, 0.2) is 36.4 Å². The van der Waals surface area contributed by atoms with E-state index in [-0.39, 0.29) is 6.79 Å². The highest BCUT2D eigenvalue weighted by molar-refractivity contribution is 5.92. The molecule has 0 bridgehead atoms. The minimum atomic E-state index is -0.942. The van der Waals surface area contributed by atoms with Gasteiger partial charge in [-0.05, 0) is 30.2 Å². The van der Waals surface area contributed by atoms with E-state index in [4.69, 9.17) is 14.6 Å². The number of carbonyl (C=O) groups is 1. The zero-order valence-corrected chi connectivity index (χ0v) is 9.18. The molecule has 1 aromatic rings. The maximum Gasteiger partial charge on any atom is 0.331 e. The summed E-state index contributed by atoms with van der Waals surface area (Å²) in [5.74, 6) is 0.382. The number of benzene rings is 1. The molecule has 0 spiro atoms. The molecule has 2 rings (SSSR count). The fourth-order valence-electron chi connectivity index (χ4n) is 1.57. The van der Waals surface area contributed by atoms with E-state index in [1.807, 2.05) is 0 Å². The maximum absolute atomic E-state index is 11.0. The third-order valence-electron chi connectivity index (χ3n) is 2.38. The molecular weight excluding hydrogens is 220 g/mol. The fourth-order valence-corrected chi connectivity index (χ4v) is 1.57. The van der Waals surface area contributed by atoms with Crippen LogP contribution in [0.4, 0.5) is 0 Å². The van der Waals surface area contributed by atoms with Gasteiger partial charge in [0, 0.05) is 5.57 Å². The molecule has 0 radical (unpaired) electrons. The van der Waals surface area contributed by atoms with Crippen molar-refractivity contribution in [3.63, 3.8) is 0 Å². The van der Waals surface area contributed by atoms with Crippen LogP contribution in [-0.4, -0.2) is 17.9 Å². The number of allylic oxidation sites excluding steroid dienone is 1. The molecule has 17 heavy (non-hydrogen) atoms. The van der Waals surface area contributed by atoms with Gasteiger partial charge in [-0.2, -0.15) is 0 Å². The molecule has 0 atom stereocenters. The van der Waals surface area contributed by atoms with Gasteiger partial charge in [0.05, 0.1) is 0 Å². The molecule has 0 saturated carbocycles. The van der Waals surface area contributed by atoms with Crippen molar-refractivity contribution in [1.29, 1.82) is 0 Å². The van der Waals surface area contributed by atoms with Crippen molar-refractivity contribution >= 4 is 12.0 Å². The topological polar surface area (TPSA) is 55.8 Å². The summed E-state index contributed by atoms with van der Waals surface area (Å²) < 4.78 is 10.4. The average molecular weight is 232 g/mol. The van der Waals surface area contributed by atoms with E-state index in [0.29, 0.717) is 23.5 Å². The highest BCUT2D eigenvalue weighted by Gasteiger charge is 2.13. The van der Waals surface area contributed by atoms with Gasteiger partial charge in [0.25, 0.3) is 0 Å². The lowest BCUT2D eigenvalue weighted by Gasteiger charge is -2.01. The Morgan fingerprint density at radius 3 is 2.88 bits per heavy atom. The second kappa shape index (κ2) is 4.74. The molecule has 0 amide bonds. The van der Waals surface area contributed by atoms with Gasteiger partial charge in [-0.15, -0.1) is 6.58 Å². The van der Waals surface area contributed by atoms with Crippen molar-refractivity contribution < 1.29 is 19.4 Å². The first-order valence-corrected chi connectivity index (χ1v) is 5.15. The van der Waals surface area contributed by atoms with Crippen LogP contribution in [0.5, 0.6) is 11.5 Å². The summed E-state index contributed by atoms with van der Waals surface area (Å²) in [6, 6.07) is 5.31. The van der Waals surface area contributed by atoms with Crippen LogP contribution in [0, 0.1) is 0 Å². The van der Waals surface area contributed by atoms with E-state index in [1.54, 1.807) is 30.4 Å². The standard InChI is InChI=1S/C13H12O4/c1-2-3-10(13(14)15)6-9-4-5-11-12(7-9)17-8-16-11/h2,4-7H,1,3,8H2,(H,14,15)/b10-6+. The van der Waals surface area contributed by atoms with Crippen LogP contribution in [-0.2, 0) is 4.79 Å². The van der Waals surface area contributed by atoms with Gasteiger partial charge in [0.1, 0.15) is 0 Å². The third-order valence-corrected chi connectivity index (χ3v) is 2.38. The van der Waals surface area contributed by atoms with E-state index in [0.717, 1.165) is 5.56 Å². The van der Waals surface area contributed by atoms with Crippen LogP contribution in [0.1, 0.15) is 12.0 Å². The zero-order valence-electron chi connectivity index (χ0n) is 9.18. The molecule has 88 valence electrons. The summed E-state index contributed by atoms with van der Waals surface area (Å²) in [5, 5.41) is 8.99. The first kappa shape index (κ1) is 11.3. The molecule has 1 N–H and O–H groups in total. The Hall–Kier alpha value is -2.23. The van der Waals surface area contributed by atoms with Crippen LogP contribution in [0.3, 0.4) is 0 Å². The number of rotatable bonds is 4. The van der Waals surface area contributed by atoms with Gasteiger partial charge in [-0.1, -0.05) is 12.1 Å². The molecule has 1 heterocycles. The van der Waals surface area contributed by atoms with E-state index in [2.05, 4.69) is 6.58 Å². The van der Waals surface area contributed by atoms with E-state index < -0.39 is 5.97 Å². The van der Waals surface area contributed by atoms with Crippen LogP contribution >= 0.6 is 0 Å². The van der Waals surface area contributed by atoms with E-state index >= 15 is 0 Å². The summed E-state index contributed by atoms with van der Waals surface area (Å²) in [5.41, 5.74) is 1.06. The lowest BCUT2D eigenvalue weighted by Crippen LogP contribution is -1.99. The molecule has 1 aromatic carbocycles. The third kappa shape index (κ3) is 2.47. The quantitative estimate of drug-likeness (QED) is 0.640. The van der Waals surface area contributed by atoms with Gasteiger partial charge >= 0.3 is 5.97 Å². The summed E-state index contributed by atoms with van der Waals surface area (Å²) >= 11 is 0. The summed E-state index contributed by atoms with van der Waals surface area (Å²) in [6.45, 7) is 3.74. The van der Waals surface area contributed by atoms with Crippen LogP contribution < -0.4 is 9.47 Å². The maximum atomic E-state index is 11.0. The number of hydrogen-bond acceptors (Lipinski definition) is 3. The van der Waals surface area contributed by atoms with Crippen molar-refractivity contribution in [1.82, 2.24) is 0 Å². The Morgan fingerprint density at radius 2 is 2.18 bits per heavy atom. The molecule has 0 aliphatic carbocycles. The van der Waals surface area contributed by atoms with Crippen molar-refractivity contribution in [3.8, 4) is 11.5 Å². The van der Waals surface area contributed by atoms with E-state index in [1.165, 1.54) is 0 Å². The lowest BCUT2D eigenvalue weighted by molar-refractivity contribution is -0.132. The monoisotopic (exact) mass is 232 g/mol. The second-order valence-corrected chi connectivity index (χ2v) is 3.58. The number of fused-ring (bicyclic) bond motifs is 1. The molecule has 1 aliphatic heterocycles. The van der Waals surface area contributed by atoms with Gasteiger partial charge in [-0.3, -0.25) is 0 Å². The predicted molar refractivity (Wildman–Crippen MR) is 63.0 cm³/mol. The average Bonchev–Trinajstić information content (AvgIpc) is 2.75. The summed E-state index contributed by atoms with van der Waals surface area (Å²) in [6.07, 6.45) is 3.49. The molecule has 0 fully saturated rings. The van der Waals surface area contributed by atoms with Gasteiger partial charge in [0.15, 0.2) is 11.5 Å². The Balaban J connectivity index is 2.30.